The van der Waals surface area contributed by atoms with Gasteiger partial charge >= 0.3 is 18.0 Å². The zero-order chi connectivity index (χ0) is 24.9. The Bertz CT molecular complexity index is 1220. The summed E-state index contributed by atoms with van der Waals surface area (Å²) in [6, 6.07) is 9.87. The van der Waals surface area contributed by atoms with Crippen molar-refractivity contribution in [1.29, 1.82) is 0 Å². The van der Waals surface area contributed by atoms with Gasteiger partial charge in [0.25, 0.3) is 0 Å². The fourth-order valence-electron chi connectivity index (χ4n) is 3.81. The molecular formula is C25H24N2O8. The molecule has 0 aromatic heterocycles. The summed E-state index contributed by atoms with van der Waals surface area (Å²) in [4.78, 5) is 50.5. The second kappa shape index (κ2) is 10.3. The van der Waals surface area contributed by atoms with Gasteiger partial charge in [0.05, 0.1) is 29.5 Å². The van der Waals surface area contributed by atoms with E-state index in [4.69, 9.17) is 18.9 Å². The number of amides is 2. The van der Waals surface area contributed by atoms with Gasteiger partial charge in [-0.25, -0.2) is 14.4 Å². The van der Waals surface area contributed by atoms with Crippen molar-refractivity contribution in [2.24, 2.45) is 0 Å². The molecular weight excluding hydrogens is 456 g/mol. The molecule has 182 valence electrons. The Morgan fingerprint density at radius 1 is 0.971 bits per heavy atom. The smallest absolute Gasteiger partial charge is 0.339 e. The summed E-state index contributed by atoms with van der Waals surface area (Å²) < 4.78 is 21.5. The average Bonchev–Trinajstić information content (AvgIpc) is 2.86. The molecule has 0 saturated carbocycles. The van der Waals surface area contributed by atoms with E-state index in [-0.39, 0.29) is 29.0 Å². The topological polar surface area (TPSA) is 129 Å². The number of benzene rings is 2. The lowest BCUT2D eigenvalue weighted by Gasteiger charge is -2.26. The Kier molecular flexibility index (Phi) is 7.00. The molecule has 10 nitrogen and oxygen atoms in total. The summed E-state index contributed by atoms with van der Waals surface area (Å²) in [5, 5.41) is 5.06. The van der Waals surface area contributed by atoms with Gasteiger partial charge in [0, 0.05) is 11.1 Å². The lowest BCUT2D eigenvalue weighted by Crippen LogP contribution is -2.50. The highest BCUT2D eigenvalue weighted by Crippen LogP contribution is 2.31. The molecule has 0 aliphatic carbocycles. The standard InChI is InChI=1S/C25H24N2O8/c1-3-32-24(30)21-14(2)26-25(31)27-18(21)13-35-23(29)17-7-5-4-6-16(17)22(28)15-8-9-19-20(12-15)34-11-10-33-19/h4-9,12,14H,3,10-11,13H2,1-2H3,(H2,26,27,31). The fraction of sp³-hybridized carbons (Fsp3) is 0.280. The molecule has 2 aliphatic heterocycles. The van der Waals surface area contributed by atoms with Crippen molar-refractivity contribution in [1.82, 2.24) is 10.6 Å². The van der Waals surface area contributed by atoms with Crippen molar-refractivity contribution in [3.63, 3.8) is 0 Å². The maximum absolute atomic E-state index is 13.2. The normalized spacial score (nSPS) is 16.6. The Hall–Kier alpha value is -4.34. The highest BCUT2D eigenvalue weighted by molar-refractivity contribution is 6.14. The molecule has 2 amide bonds. The van der Waals surface area contributed by atoms with Crippen LogP contribution in [0.25, 0.3) is 0 Å². The van der Waals surface area contributed by atoms with Gasteiger partial charge in [-0.15, -0.1) is 0 Å². The van der Waals surface area contributed by atoms with Crippen LogP contribution < -0.4 is 20.1 Å². The minimum atomic E-state index is -0.789. The number of ketones is 1. The van der Waals surface area contributed by atoms with Gasteiger partial charge in [0.2, 0.25) is 0 Å². The molecule has 1 atom stereocenters. The van der Waals surface area contributed by atoms with E-state index in [1.807, 2.05) is 0 Å². The number of nitrogens with one attached hydrogen (secondary N) is 2. The third-order valence-corrected chi connectivity index (χ3v) is 5.41. The second-order valence-electron chi connectivity index (χ2n) is 7.74. The van der Waals surface area contributed by atoms with E-state index in [0.29, 0.717) is 30.3 Å². The van der Waals surface area contributed by atoms with E-state index in [2.05, 4.69) is 10.6 Å². The van der Waals surface area contributed by atoms with Crippen LogP contribution in [0.15, 0.2) is 53.7 Å². The molecule has 2 N–H and O–H groups in total. The van der Waals surface area contributed by atoms with Gasteiger partial charge in [-0.2, -0.15) is 0 Å². The van der Waals surface area contributed by atoms with Crippen molar-refractivity contribution in [3.8, 4) is 11.5 Å². The number of carbonyl (C=O) groups is 4. The largest absolute Gasteiger partial charge is 0.486 e. The van der Waals surface area contributed by atoms with E-state index < -0.39 is 36.4 Å². The van der Waals surface area contributed by atoms with E-state index in [9.17, 15) is 19.2 Å². The highest BCUT2D eigenvalue weighted by atomic mass is 16.6. The first-order valence-corrected chi connectivity index (χ1v) is 11.1. The monoisotopic (exact) mass is 480 g/mol. The van der Waals surface area contributed by atoms with Gasteiger partial charge in [-0.3, -0.25) is 4.79 Å². The van der Waals surface area contributed by atoms with Crippen LogP contribution in [0.1, 0.15) is 40.1 Å². The summed E-state index contributed by atoms with van der Waals surface area (Å²) in [7, 11) is 0. The molecule has 0 fully saturated rings. The summed E-state index contributed by atoms with van der Waals surface area (Å²) in [6.07, 6.45) is 0. The first-order chi connectivity index (χ1) is 16.9. The Morgan fingerprint density at radius 3 is 2.43 bits per heavy atom. The minimum absolute atomic E-state index is 0.0407. The number of hydrogen-bond donors (Lipinski definition) is 2. The number of esters is 2. The predicted molar refractivity (Wildman–Crippen MR) is 122 cm³/mol. The van der Waals surface area contributed by atoms with Crippen LogP contribution >= 0.6 is 0 Å². The van der Waals surface area contributed by atoms with Crippen LogP contribution in [0.3, 0.4) is 0 Å². The Balaban J connectivity index is 1.56. The molecule has 2 aromatic rings. The number of carbonyl (C=O) groups excluding carboxylic acids is 4. The Morgan fingerprint density at radius 2 is 1.69 bits per heavy atom. The minimum Gasteiger partial charge on any atom is -0.486 e. The van der Waals surface area contributed by atoms with Crippen LogP contribution in [0.2, 0.25) is 0 Å². The Labute approximate surface area is 201 Å². The van der Waals surface area contributed by atoms with Crippen molar-refractivity contribution < 1.29 is 38.1 Å². The first kappa shape index (κ1) is 23.8. The SMILES string of the molecule is CCOC(=O)C1=C(COC(=O)c2ccccc2C(=O)c2ccc3c(c2)OCCO3)NC(=O)NC1C. The number of fused-ring (bicyclic) bond motifs is 1. The molecule has 2 aliphatic rings. The van der Waals surface area contributed by atoms with Crippen molar-refractivity contribution >= 4 is 23.8 Å². The second-order valence-corrected chi connectivity index (χ2v) is 7.74. The molecule has 0 bridgehead atoms. The number of ether oxygens (including phenoxy) is 4. The van der Waals surface area contributed by atoms with Crippen LogP contribution in [-0.4, -0.2) is 56.2 Å². The summed E-state index contributed by atoms with van der Waals surface area (Å²) in [5.74, 6) is -0.819. The highest BCUT2D eigenvalue weighted by Gasteiger charge is 2.31. The molecule has 4 rings (SSSR count). The van der Waals surface area contributed by atoms with Crippen LogP contribution in [0.4, 0.5) is 4.79 Å². The molecule has 2 heterocycles. The zero-order valence-corrected chi connectivity index (χ0v) is 19.2. The van der Waals surface area contributed by atoms with E-state index in [1.165, 1.54) is 12.1 Å². The van der Waals surface area contributed by atoms with Crippen molar-refractivity contribution in [2.45, 2.75) is 19.9 Å². The van der Waals surface area contributed by atoms with E-state index >= 15 is 0 Å². The fourth-order valence-corrected chi connectivity index (χ4v) is 3.81. The van der Waals surface area contributed by atoms with Crippen LogP contribution in [0.5, 0.6) is 11.5 Å². The lowest BCUT2D eigenvalue weighted by molar-refractivity contribution is -0.139. The molecule has 0 saturated heterocycles. The van der Waals surface area contributed by atoms with E-state index in [1.54, 1.807) is 44.2 Å². The van der Waals surface area contributed by atoms with Crippen molar-refractivity contribution in [2.75, 3.05) is 26.4 Å². The lowest BCUT2D eigenvalue weighted by atomic mass is 9.98. The summed E-state index contributed by atoms with van der Waals surface area (Å²) in [5.41, 5.74) is 0.764. The molecule has 0 spiro atoms. The first-order valence-electron chi connectivity index (χ1n) is 11.1. The van der Waals surface area contributed by atoms with Gasteiger partial charge in [-0.05, 0) is 38.1 Å². The summed E-state index contributed by atoms with van der Waals surface area (Å²) >= 11 is 0. The molecule has 10 heteroatoms. The number of urea groups is 1. The van der Waals surface area contributed by atoms with Gasteiger partial charge in [0.15, 0.2) is 17.3 Å². The third-order valence-electron chi connectivity index (χ3n) is 5.41. The molecule has 0 radical (unpaired) electrons. The number of rotatable bonds is 7. The zero-order valence-electron chi connectivity index (χ0n) is 19.2. The quantitative estimate of drug-likeness (QED) is 0.457. The maximum Gasteiger partial charge on any atom is 0.339 e. The molecule has 1 unspecified atom stereocenters. The van der Waals surface area contributed by atoms with Crippen LogP contribution in [-0.2, 0) is 14.3 Å². The van der Waals surface area contributed by atoms with Crippen LogP contribution in [0, 0.1) is 0 Å². The maximum atomic E-state index is 13.2. The van der Waals surface area contributed by atoms with Gasteiger partial charge in [-0.1, -0.05) is 18.2 Å². The van der Waals surface area contributed by atoms with Gasteiger partial charge < -0.3 is 29.6 Å². The van der Waals surface area contributed by atoms with Gasteiger partial charge in [0.1, 0.15) is 19.8 Å². The molecule has 2 aromatic carbocycles. The predicted octanol–water partition coefficient (Wildman–Crippen LogP) is 2.36. The van der Waals surface area contributed by atoms with E-state index in [0.717, 1.165) is 0 Å². The third kappa shape index (κ3) is 5.11. The molecule has 35 heavy (non-hydrogen) atoms. The van der Waals surface area contributed by atoms with Crippen molar-refractivity contribution in [3.05, 3.63) is 70.4 Å². The average molecular weight is 480 g/mol. The summed E-state index contributed by atoms with van der Waals surface area (Å²) in [6.45, 7) is 3.84. The number of hydrogen-bond acceptors (Lipinski definition) is 8.